The van der Waals surface area contributed by atoms with E-state index in [-0.39, 0.29) is 24.1 Å². The third-order valence-corrected chi connectivity index (χ3v) is 6.81. The van der Waals surface area contributed by atoms with Gasteiger partial charge in [0.05, 0.1) is 46.8 Å². The second-order valence-electron chi connectivity index (χ2n) is 9.10. The van der Waals surface area contributed by atoms with Crippen LogP contribution in [0, 0.1) is 18.3 Å². The van der Waals surface area contributed by atoms with Crippen molar-refractivity contribution in [2.45, 2.75) is 39.3 Å². The van der Waals surface area contributed by atoms with Crippen molar-refractivity contribution >= 4 is 22.4 Å². The van der Waals surface area contributed by atoms with Crippen molar-refractivity contribution in [2.75, 3.05) is 24.5 Å². The molecule has 0 spiro atoms. The summed E-state index contributed by atoms with van der Waals surface area (Å²) in [7, 11) is 1.72. The number of aryl methyl sites for hydroxylation is 2. The molecule has 9 nitrogen and oxygen atoms in total. The zero-order valence-corrected chi connectivity index (χ0v) is 19.9. The van der Waals surface area contributed by atoms with Gasteiger partial charge in [-0.1, -0.05) is 6.07 Å². The Labute approximate surface area is 197 Å². The fraction of sp³-hybridized carbons (Fsp3) is 0.400. The fourth-order valence-electron chi connectivity index (χ4n) is 4.87. The number of rotatable bonds is 4. The van der Waals surface area contributed by atoms with Crippen LogP contribution in [0.1, 0.15) is 36.8 Å². The Morgan fingerprint density at radius 2 is 2.03 bits per heavy atom. The summed E-state index contributed by atoms with van der Waals surface area (Å²) in [4.78, 5) is 31.2. The Hall–Kier alpha value is -3.77. The topological polar surface area (TPSA) is 95.3 Å². The van der Waals surface area contributed by atoms with Crippen LogP contribution in [-0.2, 0) is 13.5 Å². The molecule has 3 aromatic heterocycles. The van der Waals surface area contributed by atoms with Crippen molar-refractivity contribution in [3.63, 3.8) is 0 Å². The van der Waals surface area contributed by atoms with Crippen molar-refractivity contribution in [1.29, 1.82) is 5.26 Å². The molecule has 0 bridgehead atoms. The molecular formula is C25H28N8O. The monoisotopic (exact) mass is 456 g/mol. The lowest BCUT2D eigenvalue weighted by molar-refractivity contribution is 0.176. The molecule has 1 aromatic carbocycles. The molecule has 2 atom stereocenters. The molecule has 34 heavy (non-hydrogen) atoms. The van der Waals surface area contributed by atoms with Crippen LogP contribution in [0.4, 0.5) is 5.69 Å². The largest absolute Gasteiger partial charge is 0.363 e. The maximum absolute atomic E-state index is 12.7. The number of hydrogen-bond acceptors (Lipinski definition) is 7. The Bertz CT molecular complexity index is 1480. The number of nitrogens with zero attached hydrogens (tertiary/aromatic N) is 8. The minimum absolute atomic E-state index is 0.0982. The first kappa shape index (κ1) is 22.0. The van der Waals surface area contributed by atoms with Gasteiger partial charge in [-0.3, -0.25) is 14.7 Å². The van der Waals surface area contributed by atoms with Gasteiger partial charge < -0.3 is 4.90 Å². The van der Waals surface area contributed by atoms with Crippen LogP contribution >= 0.6 is 0 Å². The van der Waals surface area contributed by atoms with E-state index in [9.17, 15) is 4.79 Å². The van der Waals surface area contributed by atoms with Gasteiger partial charge in [-0.05, 0) is 38.5 Å². The molecule has 0 saturated carbocycles. The molecule has 1 aliphatic heterocycles. The van der Waals surface area contributed by atoms with E-state index in [1.807, 2.05) is 13.0 Å². The highest BCUT2D eigenvalue weighted by atomic mass is 16.1. The summed E-state index contributed by atoms with van der Waals surface area (Å²) in [5.74, 6) is 0. The van der Waals surface area contributed by atoms with Gasteiger partial charge in [0.2, 0.25) is 0 Å². The third kappa shape index (κ3) is 3.80. The Morgan fingerprint density at radius 3 is 2.79 bits per heavy atom. The number of nitriles is 1. The van der Waals surface area contributed by atoms with Gasteiger partial charge in [-0.25, -0.2) is 19.2 Å². The Morgan fingerprint density at radius 1 is 1.21 bits per heavy atom. The van der Waals surface area contributed by atoms with Crippen molar-refractivity contribution in [2.24, 2.45) is 7.05 Å². The highest BCUT2D eigenvalue weighted by molar-refractivity contribution is 5.75. The first-order valence-corrected chi connectivity index (χ1v) is 11.5. The summed E-state index contributed by atoms with van der Waals surface area (Å²) in [5, 5.41) is 9.08. The molecule has 0 aliphatic carbocycles. The standard InChI is InChI=1S/C25H28N8O/c1-16-13-27-21-6-5-19(11-22(21)28-16)18(3)31-9-10-32(17(2)14-31)23-12-24(34)30(4)33-15-20(7-8-26)29-25(23)33/h5-6,11-13,15,17-18H,7,9-10,14H2,1-4H3. The first-order chi connectivity index (χ1) is 16.4. The summed E-state index contributed by atoms with van der Waals surface area (Å²) in [6, 6.07) is 10.5. The summed E-state index contributed by atoms with van der Waals surface area (Å²) >= 11 is 0. The molecule has 0 N–H and O–H groups in total. The lowest BCUT2D eigenvalue weighted by Gasteiger charge is -2.43. The minimum Gasteiger partial charge on any atom is -0.363 e. The Balaban J connectivity index is 1.41. The van der Waals surface area contributed by atoms with E-state index in [1.54, 1.807) is 30.0 Å². The molecule has 4 heterocycles. The van der Waals surface area contributed by atoms with Gasteiger partial charge in [0, 0.05) is 51.0 Å². The number of piperazine rings is 1. The molecule has 174 valence electrons. The molecule has 2 unspecified atom stereocenters. The summed E-state index contributed by atoms with van der Waals surface area (Å²) in [6.45, 7) is 8.86. The zero-order valence-electron chi connectivity index (χ0n) is 19.9. The van der Waals surface area contributed by atoms with E-state index in [0.717, 1.165) is 42.0 Å². The van der Waals surface area contributed by atoms with E-state index in [2.05, 4.69) is 56.8 Å². The SMILES string of the molecule is Cc1cnc2ccc(C(C)N3CCN(c4cc(=O)n(C)n5cc(CC#N)nc45)C(C)C3)cc2n1. The summed E-state index contributed by atoms with van der Waals surface area (Å²) in [6.07, 6.45) is 3.78. The van der Waals surface area contributed by atoms with Crippen molar-refractivity contribution < 1.29 is 0 Å². The summed E-state index contributed by atoms with van der Waals surface area (Å²) in [5.41, 5.74) is 6.07. The molecule has 5 rings (SSSR count). The van der Waals surface area contributed by atoms with E-state index < -0.39 is 0 Å². The number of fused-ring (bicyclic) bond motifs is 2. The van der Waals surface area contributed by atoms with Crippen LogP contribution < -0.4 is 10.5 Å². The number of imidazole rings is 1. The second kappa shape index (κ2) is 8.54. The maximum atomic E-state index is 12.7. The van der Waals surface area contributed by atoms with Crippen LogP contribution in [0.3, 0.4) is 0 Å². The predicted octanol–water partition coefficient (Wildman–Crippen LogP) is 2.62. The number of aromatic nitrogens is 5. The minimum atomic E-state index is -0.0982. The van der Waals surface area contributed by atoms with Gasteiger partial charge in [-0.2, -0.15) is 5.26 Å². The van der Waals surface area contributed by atoms with Gasteiger partial charge in [0.15, 0.2) is 5.65 Å². The van der Waals surface area contributed by atoms with Gasteiger partial charge in [-0.15, -0.1) is 0 Å². The second-order valence-corrected chi connectivity index (χ2v) is 9.10. The molecule has 1 aliphatic rings. The van der Waals surface area contributed by atoms with Crippen molar-refractivity contribution in [1.82, 2.24) is 29.0 Å². The Kier molecular flexibility index (Phi) is 5.54. The molecule has 0 amide bonds. The predicted molar refractivity (Wildman–Crippen MR) is 131 cm³/mol. The first-order valence-electron chi connectivity index (χ1n) is 11.5. The lowest BCUT2D eigenvalue weighted by Crippen LogP contribution is -2.53. The third-order valence-electron chi connectivity index (χ3n) is 6.81. The van der Waals surface area contributed by atoms with Gasteiger partial charge >= 0.3 is 0 Å². The van der Waals surface area contributed by atoms with Crippen LogP contribution in [0.15, 0.2) is 41.5 Å². The zero-order chi connectivity index (χ0) is 24.0. The van der Waals surface area contributed by atoms with Crippen LogP contribution in [0.25, 0.3) is 16.7 Å². The number of anilines is 1. The highest BCUT2D eigenvalue weighted by Gasteiger charge is 2.29. The molecule has 1 fully saturated rings. The average Bonchev–Trinajstić information content (AvgIpc) is 3.25. The maximum Gasteiger partial charge on any atom is 0.267 e. The lowest BCUT2D eigenvalue weighted by atomic mass is 10.0. The molecule has 9 heteroatoms. The quantitative estimate of drug-likeness (QED) is 0.466. The van der Waals surface area contributed by atoms with Crippen molar-refractivity contribution in [3.8, 4) is 6.07 Å². The molecular weight excluding hydrogens is 428 g/mol. The fourth-order valence-corrected chi connectivity index (χ4v) is 4.87. The van der Waals surface area contributed by atoms with E-state index in [1.165, 1.54) is 10.2 Å². The van der Waals surface area contributed by atoms with E-state index >= 15 is 0 Å². The van der Waals surface area contributed by atoms with E-state index in [4.69, 9.17) is 5.26 Å². The molecule has 4 aromatic rings. The van der Waals surface area contributed by atoms with E-state index in [0.29, 0.717) is 11.3 Å². The number of hydrogen-bond donors (Lipinski definition) is 0. The molecule has 0 radical (unpaired) electrons. The van der Waals surface area contributed by atoms with Crippen molar-refractivity contribution in [3.05, 3.63) is 64.0 Å². The molecule has 1 saturated heterocycles. The van der Waals surface area contributed by atoms with Crippen LogP contribution in [0.5, 0.6) is 0 Å². The average molecular weight is 457 g/mol. The summed E-state index contributed by atoms with van der Waals surface area (Å²) < 4.78 is 3.28. The normalized spacial score (nSPS) is 17.9. The van der Waals surface area contributed by atoms with Crippen LogP contribution in [-0.4, -0.2) is 54.7 Å². The van der Waals surface area contributed by atoms with Gasteiger partial charge in [0.1, 0.15) is 0 Å². The van der Waals surface area contributed by atoms with Crippen LogP contribution in [0.2, 0.25) is 0 Å². The van der Waals surface area contributed by atoms with Gasteiger partial charge in [0.25, 0.3) is 5.56 Å². The smallest absolute Gasteiger partial charge is 0.267 e. The highest BCUT2D eigenvalue weighted by Crippen LogP contribution is 2.29. The number of benzene rings is 1.